The topological polar surface area (TPSA) is 73.0 Å². The van der Waals surface area contributed by atoms with E-state index < -0.39 is 11.6 Å². The van der Waals surface area contributed by atoms with E-state index in [0.717, 1.165) is 29.1 Å². The summed E-state index contributed by atoms with van der Waals surface area (Å²) in [4.78, 5) is 43.7. The zero-order valence-electron chi connectivity index (χ0n) is 17.3. The highest BCUT2D eigenvalue weighted by Gasteiger charge is 2.49. The molecular weight excluding hydrogens is 368 g/mol. The van der Waals surface area contributed by atoms with Gasteiger partial charge in [0.2, 0.25) is 5.91 Å². The molecule has 1 aromatic carbocycles. The van der Waals surface area contributed by atoms with Crippen molar-refractivity contribution in [2.45, 2.75) is 51.1 Å². The maximum Gasteiger partial charge on any atom is 0.325 e. The van der Waals surface area contributed by atoms with E-state index in [1.807, 2.05) is 31.2 Å². The van der Waals surface area contributed by atoms with E-state index in [1.54, 1.807) is 11.8 Å². The van der Waals surface area contributed by atoms with Crippen molar-refractivity contribution in [1.82, 2.24) is 20.0 Å². The lowest BCUT2D eigenvalue weighted by atomic mass is 9.91. The average molecular weight is 399 g/mol. The van der Waals surface area contributed by atoms with Gasteiger partial charge in [0.25, 0.3) is 5.91 Å². The van der Waals surface area contributed by atoms with Gasteiger partial charge in [-0.2, -0.15) is 0 Å². The van der Waals surface area contributed by atoms with Crippen LogP contribution in [0.4, 0.5) is 4.79 Å². The molecule has 156 valence electrons. The Morgan fingerprint density at radius 2 is 1.69 bits per heavy atom. The summed E-state index contributed by atoms with van der Waals surface area (Å²) in [5, 5.41) is 2.78. The maximum atomic E-state index is 13.0. The van der Waals surface area contributed by atoms with E-state index in [1.165, 1.54) is 25.7 Å². The van der Waals surface area contributed by atoms with Crippen LogP contribution in [0.5, 0.6) is 0 Å². The number of hydrogen-bond acceptors (Lipinski definition) is 4. The fourth-order valence-electron chi connectivity index (χ4n) is 4.76. The van der Waals surface area contributed by atoms with Crippen LogP contribution < -0.4 is 5.32 Å². The molecule has 1 atom stereocenters. The number of hydrogen-bond donors (Lipinski definition) is 1. The summed E-state index contributed by atoms with van der Waals surface area (Å²) in [6.45, 7) is 6.54. The number of carbonyl (C=O) groups excluding carboxylic acids is 3. The van der Waals surface area contributed by atoms with Crippen LogP contribution in [0.2, 0.25) is 0 Å². The number of benzene rings is 1. The molecule has 1 aromatic rings. The number of nitrogens with one attached hydrogen (secondary N) is 1. The Kier molecular flexibility index (Phi) is 5.34. The molecule has 0 spiro atoms. The SMILES string of the molecule is Cc1ccc(C2(C)NC(=O)N(CC(=O)N3CCN(C4CCCC4)CC3)C2=O)cc1. The van der Waals surface area contributed by atoms with Crippen molar-refractivity contribution in [3.8, 4) is 0 Å². The van der Waals surface area contributed by atoms with Crippen LogP contribution in [0.15, 0.2) is 24.3 Å². The summed E-state index contributed by atoms with van der Waals surface area (Å²) in [5.74, 6) is -0.531. The normalized spacial score (nSPS) is 26.3. The molecule has 2 aliphatic heterocycles. The Morgan fingerprint density at radius 1 is 1.07 bits per heavy atom. The minimum atomic E-state index is -1.13. The third-order valence-corrected chi connectivity index (χ3v) is 6.71. The first kappa shape index (κ1) is 19.9. The number of carbonyl (C=O) groups is 3. The van der Waals surface area contributed by atoms with Crippen LogP contribution in [0.3, 0.4) is 0 Å². The molecule has 3 aliphatic rings. The molecule has 4 rings (SSSR count). The molecule has 0 radical (unpaired) electrons. The largest absolute Gasteiger partial charge is 0.339 e. The highest BCUT2D eigenvalue weighted by molar-refractivity contribution is 6.09. The van der Waals surface area contributed by atoms with Gasteiger partial charge < -0.3 is 10.2 Å². The van der Waals surface area contributed by atoms with Crippen molar-refractivity contribution in [2.24, 2.45) is 0 Å². The van der Waals surface area contributed by atoms with Gasteiger partial charge in [0.15, 0.2) is 0 Å². The van der Waals surface area contributed by atoms with Crippen LogP contribution in [0.1, 0.15) is 43.7 Å². The monoisotopic (exact) mass is 398 g/mol. The Morgan fingerprint density at radius 3 is 2.31 bits per heavy atom. The van der Waals surface area contributed by atoms with E-state index >= 15 is 0 Å². The number of aryl methyl sites for hydroxylation is 1. The molecule has 7 nitrogen and oxygen atoms in total. The molecule has 2 heterocycles. The van der Waals surface area contributed by atoms with E-state index in [0.29, 0.717) is 19.1 Å². The van der Waals surface area contributed by atoms with Crippen molar-refractivity contribution in [3.05, 3.63) is 35.4 Å². The van der Waals surface area contributed by atoms with Crippen LogP contribution in [0, 0.1) is 6.92 Å². The molecule has 1 aliphatic carbocycles. The molecule has 29 heavy (non-hydrogen) atoms. The zero-order chi connectivity index (χ0) is 20.6. The van der Waals surface area contributed by atoms with E-state index in [9.17, 15) is 14.4 Å². The molecule has 7 heteroatoms. The number of imide groups is 1. The Bertz CT molecular complexity index is 795. The second-order valence-electron chi connectivity index (χ2n) is 8.67. The summed E-state index contributed by atoms with van der Waals surface area (Å²) >= 11 is 0. The Balaban J connectivity index is 1.37. The smallest absolute Gasteiger partial charge is 0.325 e. The molecule has 1 unspecified atom stereocenters. The first-order valence-electron chi connectivity index (χ1n) is 10.6. The lowest BCUT2D eigenvalue weighted by molar-refractivity contribution is -0.140. The van der Waals surface area contributed by atoms with Crippen LogP contribution in [-0.4, -0.2) is 71.3 Å². The molecule has 4 amide bonds. The zero-order valence-corrected chi connectivity index (χ0v) is 17.3. The van der Waals surface area contributed by atoms with Gasteiger partial charge in [-0.25, -0.2) is 4.79 Å². The summed E-state index contributed by atoms with van der Waals surface area (Å²) in [6, 6.07) is 7.68. The van der Waals surface area contributed by atoms with E-state index in [-0.39, 0.29) is 18.4 Å². The number of piperazine rings is 1. The van der Waals surface area contributed by atoms with Gasteiger partial charge in [-0.3, -0.25) is 19.4 Å². The second kappa shape index (κ2) is 7.78. The van der Waals surface area contributed by atoms with Crippen molar-refractivity contribution < 1.29 is 14.4 Å². The van der Waals surface area contributed by atoms with Gasteiger partial charge in [0, 0.05) is 32.2 Å². The molecular formula is C22H30N4O3. The van der Waals surface area contributed by atoms with Crippen LogP contribution >= 0.6 is 0 Å². The highest BCUT2D eigenvalue weighted by atomic mass is 16.2. The van der Waals surface area contributed by atoms with Crippen molar-refractivity contribution in [1.29, 1.82) is 0 Å². The summed E-state index contributed by atoms with van der Waals surface area (Å²) in [7, 11) is 0. The number of rotatable bonds is 4. The molecule has 1 saturated carbocycles. The van der Waals surface area contributed by atoms with E-state index in [4.69, 9.17) is 0 Å². The third-order valence-electron chi connectivity index (χ3n) is 6.71. The van der Waals surface area contributed by atoms with Crippen LogP contribution in [0.25, 0.3) is 0 Å². The molecule has 1 N–H and O–H groups in total. The maximum absolute atomic E-state index is 13.0. The lowest BCUT2D eigenvalue weighted by Crippen LogP contribution is -2.53. The standard InChI is InChI=1S/C22H30N4O3/c1-16-7-9-17(10-8-16)22(2)20(28)26(21(29)23-22)15-19(27)25-13-11-24(12-14-25)18-5-3-4-6-18/h7-10,18H,3-6,11-15H2,1-2H3,(H,23,29). The van der Waals surface area contributed by atoms with Gasteiger partial charge in [-0.05, 0) is 32.3 Å². The molecule has 2 saturated heterocycles. The predicted molar refractivity (Wildman–Crippen MR) is 109 cm³/mol. The lowest BCUT2D eigenvalue weighted by Gasteiger charge is -2.38. The molecule has 0 aromatic heterocycles. The van der Waals surface area contributed by atoms with Gasteiger partial charge in [-0.15, -0.1) is 0 Å². The Labute approximate surface area is 172 Å². The minimum Gasteiger partial charge on any atom is -0.339 e. The summed E-state index contributed by atoms with van der Waals surface area (Å²) < 4.78 is 0. The fourth-order valence-corrected chi connectivity index (χ4v) is 4.76. The average Bonchev–Trinajstić information content (AvgIpc) is 3.32. The number of urea groups is 1. The first-order valence-corrected chi connectivity index (χ1v) is 10.6. The minimum absolute atomic E-state index is 0.160. The summed E-state index contributed by atoms with van der Waals surface area (Å²) in [5.41, 5.74) is 0.672. The van der Waals surface area contributed by atoms with Gasteiger partial charge in [0.1, 0.15) is 12.1 Å². The van der Waals surface area contributed by atoms with Gasteiger partial charge in [-0.1, -0.05) is 42.7 Å². The third kappa shape index (κ3) is 3.75. The van der Waals surface area contributed by atoms with Crippen molar-refractivity contribution in [3.63, 3.8) is 0 Å². The second-order valence-corrected chi connectivity index (χ2v) is 8.67. The van der Waals surface area contributed by atoms with E-state index in [2.05, 4.69) is 10.2 Å². The first-order chi connectivity index (χ1) is 13.9. The predicted octanol–water partition coefficient (Wildman–Crippen LogP) is 1.85. The fraction of sp³-hybridized carbons (Fsp3) is 0.591. The quantitative estimate of drug-likeness (QED) is 0.786. The van der Waals surface area contributed by atoms with Crippen molar-refractivity contribution in [2.75, 3.05) is 32.7 Å². The Hall–Kier alpha value is -2.41. The van der Waals surface area contributed by atoms with Crippen molar-refractivity contribution >= 4 is 17.8 Å². The molecule has 3 fully saturated rings. The highest BCUT2D eigenvalue weighted by Crippen LogP contribution is 2.29. The van der Waals surface area contributed by atoms with Crippen LogP contribution in [-0.2, 0) is 15.1 Å². The molecule has 0 bridgehead atoms. The number of amides is 4. The van der Waals surface area contributed by atoms with Gasteiger partial charge >= 0.3 is 6.03 Å². The summed E-state index contributed by atoms with van der Waals surface area (Å²) in [6.07, 6.45) is 5.12. The van der Waals surface area contributed by atoms with Gasteiger partial charge in [0.05, 0.1) is 0 Å². The number of nitrogens with zero attached hydrogens (tertiary/aromatic N) is 3.